The summed E-state index contributed by atoms with van der Waals surface area (Å²) in [6.07, 6.45) is 1.70. The highest BCUT2D eigenvalue weighted by atomic mass is 35.5. The van der Waals surface area contributed by atoms with Gasteiger partial charge < -0.3 is 10.1 Å². The van der Waals surface area contributed by atoms with Crippen molar-refractivity contribution >= 4 is 27.5 Å². The predicted octanol–water partition coefficient (Wildman–Crippen LogP) is 3.06. The van der Waals surface area contributed by atoms with Crippen molar-refractivity contribution in [3.63, 3.8) is 0 Å². The third-order valence-corrected chi connectivity index (χ3v) is 6.70. The van der Waals surface area contributed by atoms with Crippen LogP contribution in [0.5, 0.6) is 5.75 Å². The Hall–Kier alpha value is -2.09. The first kappa shape index (κ1) is 19.7. The average Bonchev–Trinajstić information content (AvgIpc) is 3.22. The van der Waals surface area contributed by atoms with E-state index in [4.69, 9.17) is 16.3 Å². The zero-order valence-corrected chi connectivity index (χ0v) is 16.5. The lowest BCUT2D eigenvalue weighted by Crippen LogP contribution is -2.28. The van der Waals surface area contributed by atoms with Crippen molar-refractivity contribution in [3.05, 3.63) is 58.6 Å². The molecule has 0 atom stereocenters. The number of sulfonamides is 1. The fourth-order valence-corrected chi connectivity index (χ4v) is 4.72. The first-order chi connectivity index (χ1) is 12.9. The maximum Gasteiger partial charge on any atom is 0.253 e. The molecule has 1 aliphatic heterocycles. The molecule has 2 aromatic rings. The van der Waals surface area contributed by atoms with Gasteiger partial charge in [-0.3, -0.25) is 4.79 Å². The molecule has 1 aliphatic rings. The van der Waals surface area contributed by atoms with Crippen LogP contribution < -0.4 is 10.1 Å². The summed E-state index contributed by atoms with van der Waals surface area (Å²) in [6, 6.07) is 11.6. The number of carbonyl (C=O) groups excluding carboxylic acids is 1. The van der Waals surface area contributed by atoms with Crippen molar-refractivity contribution < 1.29 is 17.9 Å². The van der Waals surface area contributed by atoms with E-state index in [1.807, 2.05) is 24.3 Å². The maximum atomic E-state index is 12.7. The van der Waals surface area contributed by atoms with Crippen LogP contribution in [0.3, 0.4) is 0 Å². The third-order valence-electron chi connectivity index (χ3n) is 4.47. The normalized spacial score (nSPS) is 14.9. The van der Waals surface area contributed by atoms with Gasteiger partial charge in [0.1, 0.15) is 5.75 Å². The lowest BCUT2D eigenvalue weighted by Gasteiger charge is -2.16. The Labute approximate surface area is 164 Å². The number of carbonyl (C=O) groups is 1. The quantitative estimate of drug-likeness (QED) is 0.797. The number of hydrogen-bond donors (Lipinski definition) is 1. The van der Waals surface area contributed by atoms with Gasteiger partial charge in [-0.05, 0) is 48.7 Å². The fraction of sp³-hybridized carbons (Fsp3) is 0.316. The Balaban J connectivity index is 1.78. The number of hydrogen-bond acceptors (Lipinski definition) is 4. The largest absolute Gasteiger partial charge is 0.497 e. The highest BCUT2D eigenvalue weighted by Crippen LogP contribution is 2.25. The van der Waals surface area contributed by atoms with Crippen molar-refractivity contribution in [2.45, 2.75) is 24.3 Å². The SMILES string of the molecule is COc1cccc(CNC(=O)c2cc(S(=O)(=O)N3CCCC3)ccc2Cl)c1. The molecule has 6 nitrogen and oxygen atoms in total. The van der Waals surface area contributed by atoms with Crippen molar-refractivity contribution in [3.8, 4) is 5.75 Å². The minimum Gasteiger partial charge on any atom is -0.497 e. The molecule has 1 saturated heterocycles. The molecule has 8 heteroatoms. The molecule has 144 valence electrons. The van der Waals surface area contributed by atoms with Crippen LogP contribution in [-0.4, -0.2) is 38.8 Å². The zero-order valence-electron chi connectivity index (χ0n) is 14.9. The molecular formula is C19H21ClN2O4S. The molecule has 0 aromatic heterocycles. The van der Waals surface area contributed by atoms with E-state index in [1.165, 1.54) is 22.5 Å². The van der Waals surface area contributed by atoms with E-state index in [-0.39, 0.29) is 22.0 Å². The van der Waals surface area contributed by atoms with Gasteiger partial charge in [-0.1, -0.05) is 23.7 Å². The second kappa shape index (κ2) is 8.29. The number of ether oxygens (including phenoxy) is 1. The summed E-state index contributed by atoms with van der Waals surface area (Å²) in [5.41, 5.74) is 1.000. The number of amides is 1. The molecule has 1 heterocycles. The van der Waals surface area contributed by atoms with E-state index >= 15 is 0 Å². The van der Waals surface area contributed by atoms with Gasteiger partial charge in [0, 0.05) is 19.6 Å². The third kappa shape index (κ3) is 4.43. The Bertz CT molecular complexity index is 940. The molecule has 0 saturated carbocycles. The molecule has 0 spiro atoms. The minimum atomic E-state index is -3.61. The Morgan fingerprint density at radius 1 is 1.19 bits per heavy atom. The van der Waals surface area contributed by atoms with E-state index in [9.17, 15) is 13.2 Å². The number of nitrogens with one attached hydrogen (secondary N) is 1. The second-order valence-electron chi connectivity index (χ2n) is 6.29. The predicted molar refractivity (Wildman–Crippen MR) is 104 cm³/mol. The van der Waals surface area contributed by atoms with Gasteiger partial charge >= 0.3 is 0 Å². The first-order valence-electron chi connectivity index (χ1n) is 8.62. The molecule has 3 rings (SSSR count). The summed E-state index contributed by atoms with van der Waals surface area (Å²) in [5.74, 6) is 0.264. The summed E-state index contributed by atoms with van der Waals surface area (Å²) in [6.45, 7) is 1.28. The average molecular weight is 409 g/mol. The molecule has 27 heavy (non-hydrogen) atoms. The van der Waals surface area contributed by atoms with Crippen LogP contribution in [0.15, 0.2) is 47.4 Å². The molecule has 2 aromatic carbocycles. The smallest absolute Gasteiger partial charge is 0.253 e. The Kier molecular flexibility index (Phi) is 6.04. The zero-order chi connectivity index (χ0) is 19.4. The van der Waals surface area contributed by atoms with Crippen molar-refractivity contribution in [2.24, 2.45) is 0 Å². The van der Waals surface area contributed by atoms with Crippen LogP contribution in [0.2, 0.25) is 5.02 Å². The second-order valence-corrected chi connectivity index (χ2v) is 8.63. The van der Waals surface area contributed by atoms with Gasteiger partial charge in [-0.15, -0.1) is 0 Å². The molecular weight excluding hydrogens is 388 g/mol. The van der Waals surface area contributed by atoms with Gasteiger partial charge in [0.15, 0.2) is 0 Å². The van der Waals surface area contributed by atoms with Crippen LogP contribution in [0.1, 0.15) is 28.8 Å². The molecule has 1 fully saturated rings. The van der Waals surface area contributed by atoms with Gasteiger partial charge in [0.2, 0.25) is 10.0 Å². The topological polar surface area (TPSA) is 75.7 Å². The number of methoxy groups -OCH3 is 1. The monoisotopic (exact) mass is 408 g/mol. The van der Waals surface area contributed by atoms with Gasteiger partial charge in [-0.2, -0.15) is 4.31 Å². The van der Waals surface area contributed by atoms with E-state index in [1.54, 1.807) is 7.11 Å². The summed E-state index contributed by atoms with van der Waals surface area (Å²) in [4.78, 5) is 12.6. The summed E-state index contributed by atoms with van der Waals surface area (Å²) in [7, 11) is -2.04. The highest BCUT2D eigenvalue weighted by molar-refractivity contribution is 7.89. The molecule has 0 unspecified atom stereocenters. The first-order valence-corrected chi connectivity index (χ1v) is 10.4. The maximum absolute atomic E-state index is 12.7. The number of halogens is 1. The summed E-state index contributed by atoms with van der Waals surface area (Å²) >= 11 is 6.14. The Morgan fingerprint density at radius 2 is 1.93 bits per heavy atom. The molecule has 0 radical (unpaired) electrons. The molecule has 1 amide bonds. The fourth-order valence-electron chi connectivity index (χ4n) is 2.98. The summed E-state index contributed by atoms with van der Waals surface area (Å²) < 4.78 is 32.0. The van der Waals surface area contributed by atoms with Gasteiger partial charge in [0.05, 0.1) is 22.6 Å². The van der Waals surface area contributed by atoms with Crippen LogP contribution in [0.25, 0.3) is 0 Å². The van der Waals surface area contributed by atoms with E-state index in [0.717, 1.165) is 18.4 Å². The van der Waals surface area contributed by atoms with Gasteiger partial charge in [-0.25, -0.2) is 8.42 Å². The van der Waals surface area contributed by atoms with Crippen molar-refractivity contribution in [2.75, 3.05) is 20.2 Å². The molecule has 0 aliphatic carbocycles. The number of nitrogens with zero attached hydrogens (tertiary/aromatic N) is 1. The summed E-state index contributed by atoms with van der Waals surface area (Å²) in [5, 5.41) is 2.98. The van der Waals surface area contributed by atoms with Crippen molar-refractivity contribution in [1.82, 2.24) is 9.62 Å². The van der Waals surface area contributed by atoms with Crippen LogP contribution in [-0.2, 0) is 16.6 Å². The molecule has 0 bridgehead atoms. The lowest BCUT2D eigenvalue weighted by molar-refractivity contribution is 0.0951. The van der Waals surface area contributed by atoms with E-state index in [2.05, 4.69) is 5.32 Å². The number of benzene rings is 2. The standard InChI is InChI=1S/C19H21ClN2O4S/c1-26-15-6-4-5-14(11-15)13-21-19(23)17-12-16(7-8-18(17)20)27(24,25)22-9-2-3-10-22/h4-8,11-12H,2-3,9-10,13H2,1H3,(H,21,23). The number of rotatable bonds is 6. The minimum absolute atomic E-state index is 0.0836. The molecule has 1 N–H and O–H groups in total. The van der Waals surface area contributed by atoms with Crippen molar-refractivity contribution in [1.29, 1.82) is 0 Å². The van der Waals surface area contributed by atoms with Crippen LogP contribution in [0, 0.1) is 0 Å². The van der Waals surface area contributed by atoms with E-state index in [0.29, 0.717) is 18.8 Å². The van der Waals surface area contributed by atoms with Crippen LogP contribution in [0.4, 0.5) is 0 Å². The highest BCUT2D eigenvalue weighted by Gasteiger charge is 2.28. The van der Waals surface area contributed by atoms with E-state index < -0.39 is 15.9 Å². The van der Waals surface area contributed by atoms with Crippen LogP contribution >= 0.6 is 11.6 Å². The van der Waals surface area contributed by atoms with Gasteiger partial charge in [0.25, 0.3) is 5.91 Å². The Morgan fingerprint density at radius 3 is 2.63 bits per heavy atom. The lowest BCUT2D eigenvalue weighted by atomic mass is 10.2.